The summed E-state index contributed by atoms with van der Waals surface area (Å²) in [6, 6.07) is 3.48. The Morgan fingerprint density at radius 2 is 2.00 bits per heavy atom. The summed E-state index contributed by atoms with van der Waals surface area (Å²) < 4.78 is 26.4. The monoisotopic (exact) mass is 228 g/mol. The summed E-state index contributed by atoms with van der Waals surface area (Å²) in [5.74, 6) is -1.65. The molecule has 5 heteroatoms. The van der Waals surface area contributed by atoms with Crippen LogP contribution in [0.15, 0.2) is 18.2 Å². The van der Waals surface area contributed by atoms with Crippen molar-refractivity contribution in [3.05, 3.63) is 35.4 Å². The molecule has 1 rings (SSSR count). The van der Waals surface area contributed by atoms with Crippen molar-refractivity contribution in [2.75, 3.05) is 0 Å². The molecule has 3 N–H and O–H groups in total. The van der Waals surface area contributed by atoms with Gasteiger partial charge in [-0.05, 0) is 19.1 Å². The molecular weight excluding hydrogens is 214 g/mol. The number of rotatable bonds is 5. The second-order valence-corrected chi connectivity index (χ2v) is 3.65. The highest BCUT2D eigenvalue weighted by Crippen LogP contribution is 2.11. The van der Waals surface area contributed by atoms with Gasteiger partial charge in [-0.1, -0.05) is 6.07 Å². The largest absolute Gasteiger partial charge is 0.370 e. The molecule has 0 aliphatic heterocycles. The van der Waals surface area contributed by atoms with Gasteiger partial charge in [0.1, 0.15) is 11.6 Å². The Labute approximate surface area is 92.6 Å². The normalized spacial score (nSPS) is 12.4. The topological polar surface area (TPSA) is 55.1 Å². The highest BCUT2D eigenvalue weighted by molar-refractivity contribution is 5.74. The van der Waals surface area contributed by atoms with E-state index in [2.05, 4.69) is 5.32 Å². The summed E-state index contributed by atoms with van der Waals surface area (Å²) in [7, 11) is 0. The molecule has 0 fully saturated rings. The van der Waals surface area contributed by atoms with E-state index < -0.39 is 17.5 Å². The molecule has 0 spiro atoms. The minimum absolute atomic E-state index is 0.0289. The molecule has 0 heterocycles. The van der Waals surface area contributed by atoms with E-state index in [-0.39, 0.29) is 24.6 Å². The van der Waals surface area contributed by atoms with Crippen LogP contribution in [0.2, 0.25) is 0 Å². The minimum atomic E-state index is -0.598. The van der Waals surface area contributed by atoms with Crippen molar-refractivity contribution in [1.82, 2.24) is 5.32 Å². The highest BCUT2D eigenvalue weighted by Gasteiger charge is 2.10. The van der Waals surface area contributed by atoms with Crippen LogP contribution in [-0.4, -0.2) is 11.9 Å². The first-order valence-electron chi connectivity index (χ1n) is 4.95. The lowest BCUT2D eigenvalue weighted by molar-refractivity contribution is -0.118. The van der Waals surface area contributed by atoms with Gasteiger partial charge < -0.3 is 11.1 Å². The fourth-order valence-electron chi connectivity index (χ4n) is 1.35. The van der Waals surface area contributed by atoms with E-state index in [1.165, 1.54) is 18.2 Å². The van der Waals surface area contributed by atoms with Crippen molar-refractivity contribution < 1.29 is 13.6 Å². The van der Waals surface area contributed by atoms with Gasteiger partial charge in [0.05, 0.1) is 0 Å². The maximum atomic E-state index is 13.2. The van der Waals surface area contributed by atoms with Gasteiger partial charge in [0.2, 0.25) is 5.91 Å². The van der Waals surface area contributed by atoms with Crippen molar-refractivity contribution in [3.8, 4) is 0 Å². The summed E-state index contributed by atoms with van der Waals surface area (Å²) >= 11 is 0. The smallest absolute Gasteiger partial charge is 0.218 e. The molecule has 1 aromatic rings. The molecule has 3 nitrogen and oxygen atoms in total. The zero-order valence-corrected chi connectivity index (χ0v) is 8.97. The van der Waals surface area contributed by atoms with Gasteiger partial charge in [-0.15, -0.1) is 0 Å². The number of carbonyl (C=O) groups is 1. The predicted molar refractivity (Wildman–Crippen MR) is 56.5 cm³/mol. The van der Waals surface area contributed by atoms with Crippen LogP contribution in [0.5, 0.6) is 0 Å². The summed E-state index contributed by atoms with van der Waals surface area (Å²) in [5, 5.41) is 2.83. The summed E-state index contributed by atoms with van der Waals surface area (Å²) in [5.41, 5.74) is 4.97. The van der Waals surface area contributed by atoms with Crippen molar-refractivity contribution in [3.63, 3.8) is 0 Å². The molecule has 16 heavy (non-hydrogen) atoms. The van der Waals surface area contributed by atoms with Crippen molar-refractivity contribution in [2.45, 2.75) is 25.9 Å². The second kappa shape index (κ2) is 5.55. The molecule has 0 bridgehead atoms. The number of hydrogen-bond acceptors (Lipinski definition) is 2. The van der Waals surface area contributed by atoms with Crippen molar-refractivity contribution in [2.24, 2.45) is 5.73 Å². The number of hydrogen-bond donors (Lipinski definition) is 2. The molecule has 1 aromatic carbocycles. The molecule has 0 radical (unpaired) electrons. The van der Waals surface area contributed by atoms with Crippen molar-refractivity contribution in [1.29, 1.82) is 0 Å². The molecular formula is C11H14F2N2O. The lowest BCUT2D eigenvalue weighted by Gasteiger charge is -2.12. The Morgan fingerprint density at radius 3 is 2.50 bits per heavy atom. The first-order chi connectivity index (χ1) is 7.50. The summed E-state index contributed by atoms with van der Waals surface area (Å²) in [6.45, 7) is 1.76. The molecule has 0 saturated heterocycles. The highest BCUT2D eigenvalue weighted by atomic mass is 19.1. The minimum Gasteiger partial charge on any atom is -0.370 e. The van der Waals surface area contributed by atoms with Gasteiger partial charge in [0, 0.05) is 24.6 Å². The predicted octanol–water partition coefficient (Wildman–Crippen LogP) is 1.32. The molecule has 0 aliphatic rings. The Kier molecular flexibility index (Phi) is 4.37. The summed E-state index contributed by atoms with van der Waals surface area (Å²) in [4.78, 5) is 10.6. The maximum absolute atomic E-state index is 13.2. The van der Waals surface area contributed by atoms with Crippen LogP contribution in [-0.2, 0) is 11.3 Å². The van der Waals surface area contributed by atoms with E-state index in [0.717, 1.165) is 0 Å². The van der Waals surface area contributed by atoms with Crippen LogP contribution in [0.4, 0.5) is 8.78 Å². The number of primary amides is 1. The Bertz CT molecular complexity index is 362. The van der Waals surface area contributed by atoms with E-state index in [1.54, 1.807) is 6.92 Å². The molecule has 88 valence electrons. The average molecular weight is 228 g/mol. The lowest BCUT2D eigenvalue weighted by atomic mass is 10.1. The SMILES string of the molecule is CC(CC(N)=O)NCc1c(F)cccc1F. The lowest BCUT2D eigenvalue weighted by Crippen LogP contribution is -2.31. The fraction of sp³-hybridized carbons (Fsp3) is 0.364. The van der Waals surface area contributed by atoms with Crippen LogP contribution < -0.4 is 11.1 Å². The standard InChI is InChI=1S/C11H14F2N2O/c1-7(5-11(14)16)15-6-8-9(12)3-2-4-10(8)13/h2-4,7,15H,5-6H2,1H3,(H2,14,16). The van der Waals surface area contributed by atoms with Crippen molar-refractivity contribution >= 4 is 5.91 Å². The fourth-order valence-corrected chi connectivity index (χ4v) is 1.35. The van der Waals surface area contributed by atoms with Crippen LogP contribution in [0.25, 0.3) is 0 Å². The number of nitrogens with one attached hydrogen (secondary N) is 1. The maximum Gasteiger partial charge on any atom is 0.218 e. The third kappa shape index (κ3) is 3.58. The zero-order chi connectivity index (χ0) is 12.1. The van der Waals surface area contributed by atoms with Gasteiger partial charge in [-0.25, -0.2) is 8.78 Å². The quantitative estimate of drug-likeness (QED) is 0.798. The van der Waals surface area contributed by atoms with Crippen LogP contribution in [0.1, 0.15) is 18.9 Å². The van der Waals surface area contributed by atoms with Gasteiger partial charge in [-0.3, -0.25) is 4.79 Å². The van der Waals surface area contributed by atoms with Crippen LogP contribution >= 0.6 is 0 Å². The summed E-state index contributed by atoms with van der Waals surface area (Å²) in [6.07, 6.45) is 0.135. The number of carbonyl (C=O) groups excluding carboxylic acids is 1. The van der Waals surface area contributed by atoms with Gasteiger partial charge in [-0.2, -0.15) is 0 Å². The Hall–Kier alpha value is -1.49. The van der Waals surface area contributed by atoms with Gasteiger partial charge in [0.15, 0.2) is 0 Å². The van der Waals surface area contributed by atoms with Gasteiger partial charge >= 0.3 is 0 Å². The zero-order valence-electron chi connectivity index (χ0n) is 8.97. The van der Waals surface area contributed by atoms with E-state index in [1.807, 2.05) is 0 Å². The first-order valence-corrected chi connectivity index (χ1v) is 4.95. The van der Waals surface area contributed by atoms with E-state index in [0.29, 0.717) is 0 Å². The Morgan fingerprint density at radius 1 is 1.44 bits per heavy atom. The Balaban J connectivity index is 2.57. The van der Waals surface area contributed by atoms with E-state index in [9.17, 15) is 13.6 Å². The molecule has 0 aliphatic carbocycles. The van der Waals surface area contributed by atoms with Crippen LogP contribution in [0, 0.1) is 11.6 Å². The molecule has 0 aromatic heterocycles. The van der Waals surface area contributed by atoms with E-state index >= 15 is 0 Å². The first kappa shape index (κ1) is 12.6. The van der Waals surface area contributed by atoms with E-state index in [4.69, 9.17) is 5.73 Å². The van der Waals surface area contributed by atoms with Gasteiger partial charge in [0.25, 0.3) is 0 Å². The number of halogens is 2. The molecule has 1 atom stereocenters. The van der Waals surface area contributed by atoms with Crippen LogP contribution in [0.3, 0.4) is 0 Å². The number of nitrogens with two attached hydrogens (primary N) is 1. The molecule has 1 unspecified atom stereocenters. The molecule has 0 saturated carbocycles. The third-order valence-corrected chi connectivity index (χ3v) is 2.20. The number of benzene rings is 1. The third-order valence-electron chi connectivity index (χ3n) is 2.20. The molecule has 1 amide bonds. The number of amides is 1. The second-order valence-electron chi connectivity index (χ2n) is 3.65. The average Bonchev–Trinajstić information content (AvgIpc) is 2.15.